The summed E-state index contributed by atoms with van der Waals surface area (Å²) in [5.41, 5.74) is 0.333. The molecule has 0 radical (unpaired) electrons. The topological polar surface area (TPSA) is 84.9 Å². The Balaban J connectivity index is 1.29. The first kappa shape index (κ1) is 16.1. The van der Waals surface area contributed by atoms with Gasteiger partial charge in [-0.3, -0.25) is 4.79 Å². The van der Waals surface area contributed by atoms with Gasteiger partial charge in [-0.15, -0.1) is 0 Å². The predicted octanol–water partition coefficient (Wildman–Crippen LogP) is 1.18. The summed E-state index contributed by atoms with van der Waals surface area (Å²) < 4.78 is 10.5. The molecule has 1 aliphatic carbocycles. The van der Waals surface area contributed by atoms with Crippen LogP contribution in [-0.4, -0.2) is 71.2 Å². The Morgan fingerprint density at radius 3 is 2.76 bits per heavy atom. The normalized spacial score (nSPS) is 23.0. The van der Waals surface area contributed by atoms with Crippen molar-refractivity contribution in [1.29, 1.82) is 0 Å². The Morgan fingerprint density at radius 2 is 2.08 bits per heavy atom. The first-order chi connectivity index (χ1) is 12.2. The highest BCUT2D eigenvalue weighted by atomic mass is 16.6. The highest BCUT2D eigenvalue weighted by molar-refractivity contribution is 5.92. The van der Waals surface area contributed by atoms with Crippen LogP contribution < -0.4 is 4.74 Å². The largest absolute Gasteiger partial charge is 0.476 e. The van der Waals surface area contributed by atoms with Crippen LogP contribution in [0.1, 0.15) is 29.8 Å². The monoisotopic (exact) mass is 346 g/mol. The van der Waals surface area contributed by atoms with E-state index in [9.17, 15) is 9.59 Å². The van der Waals surface area contributed by atoms with Crippen molar-refractivity contribution in [1.82, 2.24) is 19.8 Å². The molecule has 0 N–H and O–H groups in total. The minimum absolute atomic E-state index is 0.118. The molecular weight excluding hydrogens is 324 g/mol. The Kier molecular flexibility index (Phi) is 4.42. The molecule has 1 saturated carbocycles. The number of amides is 2. The fourth-order valence-electron chi connectivity index (χ4n) is 3.22. The van der Waals surface area contributed by atoms with Crippen molar-refractivity contribution in [2.24, 2.45) is 11.8 Å². The molecule has 8 heteroatoms. The number of carbonyl (C=O) groups excluding carboxylic acids is 2. The lowest BCUT2D eigenvalue weighted by atomic mass is 10.1. The zero-order valence-electron chi connectivity index (χ0n) is 14.1. The summed E-state index contributed by atoms with van der Waals surface area (Å²) in [6.45, 7) is 3.71. The van der Waals surface area contributed by atoms with Crippen LogP contribution in [0, 0.1) is 11.8 Å². The fourth-order valence-corrected chi connectivity index (χ4v) is 3.22. The summed E-state index contributed by atoms with van der Waals surface area (Å²) in [4.78, 5) is 36.0. The maximum Gasteiger partial charge on any atom is 0.409 e. The van der Waals surface area contributed by atoms with E-state index < -0.39 is 0 Å². The number of nitrogens with zero attached hydrogens (tertiary/aromatic N) is 4. The molecule has 1 aromatic rings. The van der Waals surface area contributed by atoms with Crippen molar-refractivity contribution >= 4 is 12.0 Å². The van der Waals surface area contributed by atoms with Gasteiger partial charge >= 0.3 is 6.09 Å². The molecule has 0 spiro atoms. The molecule has 8 nitrogen and oxygen atoms in total. The molecule has 3 fully saturated rings. The molecule has 3 heterocycles. The molecule has 1 unspecified atom stereocenters. The maximum atomic E-state index is 12.6. The minimum atomic E-state index is -0.252. The number of likely N-dealkylation sites (tertiary alicyclic amines) is 1. The van der Waals surface area contributed by atoms with Gasteiger partial charge in [-0.05, 0) is 31.1 Å². The van der Waals surface area contributed by atoms with Gasteiger partial charge in [-0.1, -0.05) is 0 Å². The molecule has 0 aromatic carbocycles. The van der Waals surface area contributed by atoms with Gasteiger partial charge in [0.1, 0.15) is 12.3 Å². The molecule has 4 rings (SSSR count). The highest BCUT2D eigenvalue weighted by Crippen LogP contribution is 2.29. The molecule has 2 aliphatic heterocycles. The molecule has 3 aliphatic rings. The second kappa shape index (κ2) is 6.85. The van der Waals surface area contributed by atoms with Crippen molar-refractivity contribution < 1.29 is 19.1 Å². The van der Waals surface area contributed by atoms with Crippen molar-refractivity contribution in [3.63, 3.8) is 0 Å². The molecule has 0 bridgehead atoms. The van der Waals surface area contributed by atoms with E-state index in [-0.39, 0.29) is 17.9 Å². The summed E-state index contributed by atoms with van der Waals surface area (Å²) in [6, 6.07) is 0. The van der Waals surface area contributed by atoms with E-state index in [1.54, 1.807) is 9.80 Å². The summed E-state index contributed by atoms with van der Waals surface area (Å²) >= 11 is 0. The quantitative estimate of drug-likeness (QED) is 0.769. The Bertz CT molecular complexity index is 647. The standard InChI is InChI=1S/C17H22N4O4/c22-16(14-7-19-15(8-18-14)25-11-12-1-2-12)20-4-3-13(9-20)10-21-5-6-24-17(21)23/h7-8,12-13H,1-6,9-11H2. The number of ether oxygens (including phenoxy) is 2. The van der Waals surface area contributed by atoms with Crippen LogP contribution >= 0.6 is 0 Å². The van der Waals surface area contributed by atoms with Crippen molar-refractivity contribution in [2.45, 2.75) is 19.3 Å². The first-order valence-electron chi connectivity index (χ1n) is 8.85. The lowest BCUT2D eigenvalue weighted by Crippen LogP contribution is -2.34. The van der Waals surface area contributed by atoms with Gasteiger partial charge in [0, 0.05) is 19.6 Å². The predicted molar refractivity (Wildman–Crippen MR) is 87.2 cm³/mol. The van der Waals surface area contributed by atoms with Crippen LogP contribution in [0.15, 0.2) is 12.4 Å². The van der Waals surface area contributed by atoms with Gasteiger partial charge in [0.05, 0.1) is 25.5 Å². The highest BCUT2D eigenvalue weighted by Gasteiger charge is 2.32. The zero-order valence-corrected chi connectivity index (χ0v) is 14.1. The van der Waals surface area contributed by atoms with Gasteiger partial charge in [-0.25, -0.2) is 14.8 Å². The van der Waals surface area contributed by atoms with Crippen LogP contribution in [0.3, 0.4) is 0 Å². The number of cyclic esters (lactones) is 1. The van der Waals surface area contributed by atoms with E-state index in [1.807, 2.05) is 0 Å². The van der Waals surface area contributed by atoms with Gasteiger partial charge in [0.15, 0.2) is 0 Å². The van der Waals surface area contributed by atoms with Gasteiger partial charge in [0.2, 0.25) is 5.88 Å². The third kappa shape index (κ3) is 3.83. The van der Waals surface area contributed by atoms with Crippen molar-refractivity contribution in [3.05, 3.63) is 18.1 Å². The number of hydrogen-bond acceptors (Lipinski definition) is 6. The van der Waals surface area contributed by atoms with Gasteiger partial charge < -0.3 is 19.3 Å². The van der Waals surface area contributed by atoms with Crippen LogP contribution in [0.5, 0.6) is 5.88 Å². The van der Waals surface area contributed by atoms with E-state index >= 15 is 0 Å². The summed E-state index contributed by atoms with van der Waals surface area (Å²) in [5, 5.41) is 0. The van der Waals surface area contributed by atoms with Gasteiger partial charge in [0.25, 0.3) is 5.91 Å². The number of carbonyl (C=O) groups is 2. The number of rotatable bonds is 6. The average Bonchev–Trinajstić information content (AvgIpc) is 3.21. The molecule has 2 amide bonds. The van der Waals surface area contributed by atoms with Crippen LogP contribution in [0.25, 0.3) is 0 Å². The lowest BCUT2D eigenvalue weighted by Gasteiger charge is -2.19. The molecule has 1 aromatic heterocycles. The smallest absolute Gasteiger partial charge is 0.409 e. The molecule has 134 valence electrons. The van der Waals surface area contributed by atoms with E-state index in [1.165, 1.54) is 25.2 Å². The third-order valence-corrected chi connectivity index (χ3v) is 4.91. The Morgan fingerprint density at radius 1 is 1.20 bits per heavy atom. The zero-order chi connectivity index (χ0) is 17.2. The van der Waals surface area contributed by atoms with E-state index in [0.717, 1.165) is 6.42 Å². The Labute approximate surface area is 146 Å². The third-order valence-electron chi connectivity index (χ3n) is 4.91. The second-order valence-corrected chi connectivity index (χ2v) is 6.96. The fraction of sp³-hybridized carbons (Fsp3) is 0.647. The average molecular weight is 346 g/mol. The van der Waals surface area contributed by atoms with E-state index in [2.05, 4.69) is 9.97 Å². The lowest BCUT2D eigenvalue weighted by molar-refractivity contribution is 0.0778. The van der Waals surface area contributed by atoms with Crippen molar-refractivity contribution in [3.8, 4) is 5.88 Å². The van der Waals surface area contributed by atoms with Crippen molar-refractivity contribution in [2.75, 3.05) is 39.4 Å². The summed E-state index contributed by atoms with van der Waals surface area (Å²) in [5.74, 6) is 1.28. The van der Waals surface area contributed by atoms with E-state index in [4.69, 9.17) is 9.47 Å². The van der Waals surface area contributed by atoms with Gasteiger partial charge in [-0.2, -0.15) is 0 Å². The minimum Gasteiger partial charge on any atom is -0.476 e. The number of hydrogen-bond donors (Lipinski definition) is 0. The summed E-state index contributed by atoms with van der Waals surface area (Å²) in [6.07, 6.45) is 6.06. The summed E-state index contributed by atoms with van der Waals surface area (Å²) in [7, 11) is 0. The van der Waals surface area contributed by atoms with Crippen LogP contribution in [0.4, 0.5) is 4.79 Å². The number of aromatic nitrogens is 2. The molecule has 2 saturated heterocycles. The maximum absolute atomic E-state index is 12.6. The molecular formula is C17H22N4O4. The molecule has 1 atom stereocenters. The first-order valence-corrected chi connectivity index (χ1v) is 8.85. The Hall–Kier alpha value is -2.38. The van der Waals surface area contributed by atoms with Crippen LogP contribution in [0.2, 0.25) is 0 Å². The molecule has 25 heavy (non-hydrogen) atoms. The second-order valence-electron chi connectivity index (χ2n) is 6.96. The van der Waals surface area contributed by atoms with Crippen LogP contribution in [-0.2, 0) is 4.74 Å². The SMILES string of the molecule is O=C1OCCN1CC1CCN(C(=O)c2cnc(OCC3CC3)cn2)C1. The van der Waals surface area contributed by atoms with E-state index in [0.29, 0.717) is 56.9 Å².